The Bertz CT molecular complexity index is 419. The molecule has 1 aromatic carbocycles. The molecule has 98 valence electrons. The van der Waals surface area contributed by atoms with Crippen molar-refractivity contribution in [2.24, 2.45) is 0 Å². The van der Waals surface area contributed by atoms with Crippen LogP contribution >= 0.6 is 0 Å². The number of fused-ring (bicyclic) bond motifs is 1. The number of rotatable bonds is 3. The molecule has 0 saturated carbocycles. The number of benzene rings is 1. The summed E-state index contributed by atoms with van der Waals surface area (Å²) in [4.78, 5) is 2.51. The van der Waals surface area contributed by atoms with E-state index >= 15 is 0 Å². The van der Waals surface area contributed by atoms with Crippen molar-refractivity contribution in [1.82, 2.24) is 4.90 Å². The Kier molecular flexibility index (Phi) is 3.52. The van der Waals surface area contributed by atoms with Gasteiger partial charge in [-0.15, -0.1) is 0 Å². The molecule has 2 aliphatic heterocycles. The van der Waals surface area contributed by atoms with E-state index in [9.17, 15) is 0 Å². The normalized spacial score (nSPS) is 23.7. The molecule has 1 saturated heterocycles. The monoisotopic (exact) mass is 246 g/mol. The minimum Gasteiger partial charge on any atom is -0.385 e. The third-order valence-corrected chi connectivity index (χ3v) is 4.15. The van der Waals surface area contributed by atoms with Crippen molar-refractivity contribution in [3.05, 3.63) is 29.3 Å². The fourth-order valence-electron chi connectivity index (χ4n) is 3.11. The number of likely N-dealkylation sites (tertiary alicyclic amines) is 1. The van der Waals surface area contributed by atoms with E-state index in [1.54, 1.807) is 0 Å². The molecule has 0 radical (unpaired) electrons. The van der Waals surface area contributed by atoms with Crippen molar-refractivity contribution in [3.63, 3.8) is 0 Å². The number of hydrogen-bond donors (Lipinski definition) is 1. The van der Waals surface area contributed by atoms with Gasteiger partial charge in [-0.2, -0.15) is 0 Å². The number of ether oxygens (including phenoxy) is 1. The fourth-order valence-corrected chi connectivity index (χ4v) is 3.11. The molecule has 18 heavy (non-hydrogen) atoms. The maximum atomic E-state index is 5.44. The predicted octanol–water partition coefficient (Wildman–Crippen LogP) is 2.27. The average Bonchev–Trinajstić information content (AvgIpc) is 2.87. The van der Waals surface area contributed by atoms with Gasteiger partial charge < -0.3 is 10.1 Å². The predicted molar refractivity (Wildman–Crippen MR) is 73.9 cm³/mol. The van der Waals surface area contributed by atoms with Gasteiger partial charge in [-0.05, 0) is 36.5 Å². The van der Waals surface area contributed by atoms with Gasteiger partial charge in [-0.25, -0.2) is 0 Å². The maximum absolute atomic E-state index is 5.44. The van der Waals surface area contributed by atoms with Gasteiger partial charge in [-0.1, -0.05) is 12.1 Å². The van der Waals surface area contributed by atoms with Crippen LogP contribution in [0.3, 0.4) is 0 Å². The minimum absolute atomic E-state index is 0.433. The third kappa shape index (κ3) is 2.38. The highest BCUT2D eigenvalue weighted by Gasteiger charge is 2.23. The largest absolute Gasteiger partial charge is 0.385 e. The lowest BCUT2D eigenvalue weighted by molar-refractivity contribution is 0.107. The van der Waals surface area contributed by atoms with Gasteiger partial charge in [-0.3, -0.25) is 4.90 Å². The van der Waals surface area contributed by atoms with Crippen LogP contribution in [0.25, 0.3) is 0 Å². The Morgan fingerprint density at radius 3 is 3.22 bits per heavy atom. The molecule has 3 nitrogen and oxygen atoms in total. The van der Waals surface area contributed by atoms with E-state index in [1.807, 2.05) is 7.11 Å². The van der Waals surface area contributed by atoms with E-state index in [-0.39, 0.29) is 0 Å². The first-order chi connectivity index (χ1) is 8.86. The Hall–Kier alpha value is -1.06. The lowest BCUT2D eigenvalue weighted by Gasteiger charge is -2.23. The van der Waals surface area contributed by atoms with Crippen LogP contribution in [0, 0.1) is 0 Å². The van der Waals surface area contributed by atoms with E-state index in [4.69, 9.17) is 4.74 Å². The van der Waals surface area contributed by atoms with E-state index in [0.717, 1.165) is 26.2 Å². The summed E-state index contributed by atoms with van der Waals surface area (Å²) >= 11 is 0. The molecule has 1 unspecified atom stereocenters. The van der Waals surface area contributed by atoms with Crippen LogP contribution in [0.1, 0.15) is 24.0 Å². The lowest BCUT2D eigenvalue weighted by atomic mass is 9.97. The zero-order valence-electron chi connectivity index (χ0n) is 11.1. The second-order valence-corrected chi connectivity index (χ2v) is 5.36. The molecule has 0 aliphatic carbocycles. The van der Waals surface area contributed by atoms with Gasteiger partial charge in [0, 0.05) is 39.0 Å². The second kappa shape index (κ2) is 5.29. The molecule has 0 spiro atoms. The summed E-state index contributed by atoms with van der Waals surface area (Å²) in [6, 6.07) is 6.67. The first-order valence-electron chi connectivity index (χ1n) is 6.96. The highest BCUT2D eigenvalue weighted by molar-refractivity contribution is 5.56. The molecular weight excluding hydrogens is 224 g/mol. The molecule has 1 aromatic rings. The third-order valence-electron chi connectivity index (χ3n) is 4.15. The van der Waals surface area contributed by atoms with Crippen LogP contribution in [-0.2, 0) is 17.7 Å². The standard InChI is InChI=1S/C15H22N2O/c1-18-13-7-9-17(11-13)10-12-4-2-6-15-14(12)5-3-8-16-15/h2,4,6,13,16H,3,5,7-11H2,1H3. The highest BCUT2D eigenvalue weighted by Crippen LogP contribution is 2.27. The molecule has 2 aliphatic rings. The second-order valence-electron chi connectivity index (χ2n) is 5.36. The molecule has 0 bridgehead atoms. The summed E-state index contributed by atoms with van der Waals surface area (Å²) < 4.78 is 5.44. The van der Waals surface area contributed by atoms with Gasteiger partial charge in [0.2, 0.25) is 0 Å². The van der Waals surface area contributed by atoms with E-state index in [1.165, 1.54) is 36.1 Å². The smallest absolute Gasteiger partial charge is 0.0710 e. The molecule has 2 heterocycles. The van der Waals surface area contributed by atoms with E-state index in [0.29, 0.717) is 6.10 Å². The summed E-state index contributed by atoms with van der Waals surface area (Å²) in [5.74, 6) is 0. The molecule has 0 amide bonds. The Morgan fingerprint density at radius 2 is 2.39 bits per heavy atom. The lowest BCUT2D eigenvalue weighted by Crippen LogP contribution is -2.24. The van der Waals surface area contributed by atoms with Crippen molar-refractivity contribution in [1.29, 1.82) is 0 Å². The minimum atomic E-state index is 0.433. The zero-order valence-corrected chi connectivity index (χ0v) is 11.1. The Balaban J connectivity index is 1.73. The topological polar surface area (TPSA) is 24.5 Å². The quantitative estimate of drug-likeness (QED) is 0.885. The average molecular weight is 246 g/mol. The summed E-state index contributed by atoms with van der Waals surface area (Å²) in [5.41, 5.74) is 4.38. The highest BCUT2D eigenvalue weighted by atomic mass is 16.5. The number of anilines is 1. The van der Waals surface area contributed by atoms with Crippen molar-refractivity contribution in [3.8, 4) is 0 Å². The van der Waals surface area contributed by atoms with Gasteiger partial charge in [0.1, 0.15) is 0 Å². The van der Waals surface area contributed by atoms with E-state index in [2.05, 4.69) is 28.4 Å². The van der Waals surface area contributed by atoms with Crippen LogP contribution in [0.15, 0.2) is 18.2 Å². The van der Waals surface area contributed by atoms with Crippen molar-refractivity contribution in [2.75, 3.05) is 32.1 Å². The summed E-state index contributed by atoms with van der Waals surface area (Å²) in [7, 11) is 1.82. The molecule has 1 N–H and O–H groups in total. The van der Waals surface area contributed by atoms with Gasteiger partial charge in [0.25, 0.3) is 0 Å². The first kappa shape index (κ1) is 12.0. The van der Waals surface area contributed by atoms with Gasteiger partial charge in [0.05, 0.1) is 6.10 Å². The maximum Gasteiger partial charge on any atom is 0.0710 e. The Morgan fingerprint density at radius 1 is 1.44 bits per heavy atom. The van der Waals surface area contributed by atoms with Crippen LogP contribution in [0.4, 0.5) is 5.69 Å². The van der Waals surface area contributed by atoms with Crippen LogP contribution in [0.2, 0.25) is 0 Å². The van der Waals surface area contributed by atoms with Crippen LogP contribution in [-0.4, -0.2) is 37.7 Å². The van der Waals surface area contributed by atoms with Crippen molar-refractivity contribution in [2.45, 2.75) is 31.9 Å². The molecule has 0 aromatic heterocycles. The van der Waals surface area contributed by atoms with Crippen molar-refractivity contribution < 1.29 is 4.74 Å². The Labute approximate surface area is 109 Å². The molecular formula is C15H22N2O. The first-order valence-corrected chi connectivity index (χ1v) is 6.96. The van der Waals surface area contributed by atoms with E-state index < -0.39 is 0 Å². The molecule has 3 heteroatoms. The fraction of sp³-hybridized carbons (Fsp3) is 0.600. The van der Waals surface area contributed by atoms with Gasteiger partial charge in [0.15, 0.2) is 0 Å². The number of hydrogen-bond acceptors (Lipinski definition) is 3. The SMILES string of the molecule is COC1CCN(Cc2cccc3c2CCCN3)C1. The van der Waals surface area contributed by atoms with Crippen molar-refractivity contribution >= 4 is 5.69 Å². The number of methoxy groups -OCH3 is 1. The molecule has 1 atom stereocenters. The zero-order chi connectivity index (χ0) is 12.4. The number of nitrogens with one attached hydrogen (secondary N) is 1. The molecule has 3 rings (SSSR count). The van der Waals surface area contributed by atoms with Gasteiger partial charge >= 0.3 is 0 Å². The summed E-state index contributed by atoms with van der Waals surface area (Å²) in [5, 5.41) is 3.50. The van der Waals surface area contributed by atoms with Crippen LogP contribution < -0.4 is 5.32 Å². The van der Waals surface area contributed by atoms with Crippen LogP contribution in [0.5, 0.6) is 0 Å². The summed E-state index contributed by atoms with van der Waals surface area (Å²) in [6.45, 7) is 4.43. The number of nitrogens with zero attached hydrogens (tertiary/aromatic N) is 1. The molecule has 1 fully saturated rings. The summed E-state index contributed by atoms with van der Waals surface area (Å²) in [6.07, 6.45) is 4.08.